The number of piperidine rings is 1. The highest BCUT2D eigenvalue weighted by molar-refractivity contribution is 5.53. The molecular weight excluding hydrogens is 314 g/mol. The van der Waals surface area contributed by atoms with Crippen molar-refractivity contribution >= 4 is 5.69 Å². The molecule has 26 heavy (non-hydrogen) atoms. The molecule has 1 saturated heterocycles. The number of rotatable bonds is 5. The topological polar surface area (TPSA) is 3.24 Å². The van der Waals surface area contributed by atoms with E-state index < -0.39 is 0 Å². The van der Waals surface area contributed by atoms with Crippen LogP contribution in [0.3, 0.4) is 0 Å². The zero-order valence-electron chi connectivity index (χ0n) is 16.3. The zero-order chi connectivity index (χ0) is 18.2. The molecule has 0 spiro atoms. The number of hydrogen-bond donors (Lipinski definition) is 0. The average molecular weight is 346 g/mol. The van der Waals surface area contributed by atoms with Crippen LogP contribution in [0.1, 0.15) is 63.5 Å². The lowest BCUT2D eigenvalue weighted by Gasteiger charge is -2.30. The van der Waals surface area contributed by atoms with Crippen molar-refractivity contribution in [2.45, 2.75) is 57.8 Å². The summed E-state index contributed by atoms with van der Waals surface area (Å²) in [5.74, 6) is 7.04. The van der Waals surface area contributed by atoms with Crippen LogP contribution in [0.2, 0.25) is 0 Å². The van der Waals surface area contributed by atoms with Gasteiger partial charge in [-0.1, -0.05) is 61.7 Å². The van der Waals surface area contributed by atoms with E-state index in [0.29, 0.717) is 0 Å². The highest BCUT2D eigenvalue weighted by Crippen LogP contribution is 2.33. The van der Waals surface area contributed by atoms with Gasteiger partial charge in [0.1, 0.15) is 0 Å². The zero-order valence-corrected chi connectivity index (χ0v) is 16.3. The molecule has 2 aromatic rings. The lowest BCUT2D eigenvalue weighted by molar-refractivity contribution is 0.577. The van der Waals surface area contributed by atoms with E-state index in [-0.39, 0.29) is 5.41 Å². The standard InChI is InChI=1S/C25H31N/c1-3-4-5-10-19-25(2,22-13-8-6-9-14-22)23-15-17-24(18-16-23)26-20-11-7-12-21-26/h6,8-9,13-18H,3-5,7,11-12,20-21H2,1-2H3. The Morgan fingerprint density at radius 2 is 1.54 bits per heavy atom. The van der Waals surface area contributed by atoms with E-state index in [4.69, 9.17) is 0 Å². The van der Waals surface area contributed by atoms with Crippen molar-refractivity contribution in [3.63, 3.8) is 0 Å². The Kier molecular flexibility index (Phi) is 6.40. The summed E-state index contributed by atoms with van der Waals surface area (Å²) in [6, 6.07) is 19.9. The summed E-state index contributed by atoms with van der Waals surface area (Å²) in [5, 5.41) is 0. The van der Waals surface area contributed by atoms with Crippen molar-refractivity contribution < 1.29 is 0 Å². The summed E-state index contributed by atoms with van der Waals surface area (Å²) in [5.41, 5.74) is 3.65. The second kappa shape index (κ2) is 8.95. The molecule has 1 atom stereocenters. The first-order chi connectivity index (χ1) is 12.7. The van der Waals surface area contributed by atoms with Crippen molar-refractivity contribution in [1.29, 1.82) is 0 Å². The van der Waals surface area contributed by atoms with Crippen LogP contribution in [-0.4, -0.2) is 13.1 Å². The molecule has 0 bridgehead atoms. The summed E-state index contributed by atoms with van der Waals surface area (Å²) in [6.45, 7) is 6.85. The summed E-state index contributed by atoms with van der Waals surface area (Å²) in [6.07, 6.45) is 7.34. The Morgan fingerprint density at radius 3 is 2.19 bits per heavy atom. The van der Waals surface area contributed by atoms with Crippen LogP contribution in [-0.2, 0) is 5.41 Å². The number of hydrogen-bond acceptors (Lipinski definition) is 1. The molecule has 1 aliphatic rings. The van der Waals surface area contributed by atoms with Gasteiger partial charge in [0.25, 0.3) is 0 Å². The molecule has 3 rings (SSSR count). The third kappa shape index (κ3) is 4.31. The van der Waals surface area contributed by atoms with Gasteiger partial charge in [0.05, 0.1) is 5.41 Å². The Hall–Kier alpha value is -2.20. The summed E-state index contributed by atoms with van der Waals surface area (Å²) >= 11 is 0. The average Bonchev–Trinajstić information content (AvgIpc) is 2.72. The highest BCUT2D eigenvalue weighted by Gasteiger charge is 2.26. The SMILES string of the molecule is CCCCC#CC(C)(c1ccccc1)c1ccc(N2CCCCC2)cc1. The van der Waals surface area contributed by atoms with Crippen molar-refractivity contribution in [1.82, 2.24) is 0 Å². The van der Waals surface area contributed by atoms with Crippen molar-refractivity contribution in [2.24, 2.45) is 0 Å². The minimum atomic E-state index is -0.255. The van der Waals surface area contributed by atoms with E-state index in [2.05, 4.69) is 85.2 Å². The first-order valence-electron chi connectivity index (χ1n) is 10.1. The van der Waals surface area contributed by atoms with Gasteiger partial charge in [0.2, 0.25) is 0 Å². The molecule has 0 aliphatic carbocycles. The van der Waals surface area contributed by atoms with Gasteiger partial charge >= 0.3 is 0 Å². The van der Waals surface area contributed by atoms with Crippen LogP contribution in [0.5, 0.6) is 0 Å². The van der Waals surface area contributed by atoms with E-state index >= 15 is 0 Å². The maximum Gasteiger partial charge on any atom is 0.0783 e. The van der Waals surface area contributed by atoms with Gasteiger partial charge < -0.3 is 4.90 Å². The van der Waals surface area contributed by atoms with Crippen molar-refractivity contribution in [3.05, 3.63) is 65.7 Å². The quantitative estimate of drug-likeness (QED) is 0.462. The Balaban J connectivity index is 1.89. The predicted octanol–water partition coefficient (Wildman–Crippen LogP) is 6.18. The van der Waals surface area contributed by atoms with E-state index in [0.717, 1.165) is 6.42 Å². The van der Waals surface area contributed by atoms with Gasteiger partial charge in [-0.25, -0.2) is 0 Å². The van der Waals surface area contributed by atoms with Gasteiger partial charge in [0, 0.05) is 25.2 Å². The van der Waals surface area contributed by atoms with Crippen LogP contribution >= 0.6 is 0 Å². The van der Waals surface area contributed by atoms with Crippen molar-refractivity contribution in [2.75, 3.05) is 18.0 Å². The monoisotopic (exact) mass is 345 g/mol. The van der Waals surface area contributed by atoms with E-state index in [1.807, 2.05) is 0 Å². The van der Waals surface area contributed by atoms with Gasteiger partial charge in [-0.3, -0.25) is 0 Å². The molecular formula is C25H31N. The van der Waals surface area contributed by atoms with E-state index in [9.17, 15) is 0 Å². The van der Waals surface area contributed by atoms with Crippen LogP contribution in [0.15, 0.2) is 54.6 Å². The second-order valence-corrected chi connectivity index (χ2v) is 7.49. The van der Waals surface area contributed by atoms with Crippen LogP contribution in [0.25, 0.3) is 0 Å². The predicted molar refractivity (Wildman–Crippen MR) is 113 cm³/mol. The molecule has 1 unspecified atom stereocenters. The van der Waals surface area contributed by atoms with Crippen LogP contribution in [0, 0.1) is 11.8 Å². The molecule has 1 heterocycles. The fourth-order valence-electron chi connectivity index (χ4n) is 3.74. The number of nitrogens with zero attached hydrogens (tertiary/aromatic N) is 1. The number of benzene rings is 2. The summed E-state index contributed by atoms with van der Waals surface area (Å²) in [7, 11) is 0. The van der Waals surface area contributed by atoms with E-state index in [1.54, 1.807) is 0 Å². The number of anilines is 1. The maximum atomic E-state index is 3.60. The highest BCUT2D eigenvalue weighted by atomic mass is 15.1. The molecule has 0 saturated carbocycles. The van der Waals surface area contributed by atoms with Gasteiger partial charge in [0.15, 0.2) is 0 Å². The molecule has 1 fully saturated rings. The Morgan fingerprint density at radius 1 is 0.885 bits per heavy atom. The molecule has 1 nitrogen and oxygen atoms in total. The minimum absolute atomic E-state index is 0.255. The maximum absolute atomic E-state index is 3.60. The van der Waals surface area contributed by atoms with Gasteiger partial charge in [-0.05, 0) is 55.9 Å². The first kappa shape index (κ1) is 18.6. The summed E-state index contributed by atoms with van der Waals surface area (Å²) in [4.78, 5) is 2.51. The Bertz CT molecular complexity index is 729. The smallest absolute Gasteiger partial charge is 0.0783 e. The molecule has 136 valence electrons. The van der Waals surface area contributed by atoms with Gasteiger partial charge in [-0.15, -0.1) is 5.92 Å². The third-order valence-corrected chi connectivity index (χ3v) is 5.51. The molecule has 2 aromatic carbocycles. The van der Waals surface area contributed by atoms with Gasteiger partial charge in [-0.2, -0.15) is 0 Å². The van der Waals surface area contributed by atoms with E-state index in [1.165, 1.54) is 62.0 Å². The van der Waals surface area contributed by atoms with Crippen LogP contribution in [0.4, 0.5) is 5.69 Å². The fourth-order valence-corrected chi connectivity index (χ4v) is 3.74. The Labute approximate surface area is 159 Å². The molecule has 0 aromatic heterocycles. The normalized spacial score (nSPS) is 16.5. The summed E-state index contributed by atoms with van der Waals surface area (Å²) < 4.78 is 0. The lowest BCUT2D eigenvalue weighted by atomic mass is 9.76. The molecule has 1 aliphatic heterocycles. The first-order valence-corrected chi connectivity index (χ1v) is 10.1. The van der Waals surface area contributed by atoms with Crippen LogP contribution < -0.4 is 4.90 Å². The fraction of sp³-hybridized carbons (Fsp3) is 0.440. The third-order valence-electron chi connectivity index (χ3n) is 5.51. The lowest BCUT2D eigenvalue weighted by Crippen LogP contribution is -2.29. The largest absolute Gasteiger partial charge is 0.372 e. The molecule has 0 N–H and O–H groups in total. The molecule has 0 radical (unpaired) electrons. The second-order valence-electron chi connectivity index (χ2n) is 7.49. The van der Waals surface area contributed by atoms with Crippen molar-refractivity contribution in [3.8, 4) is 11.8 Å². The molecule has 0 amide bonds. The molecule has 1 heteroatoms. The number of unbranched alkanes of at least 4 members (excludes halogenated alkanes) is 2. The minimum Gasteiger partial charge on any atom is -0.372 e.